The quantitative estimate of drug-likeness (QED) is 0.899. The highest BCUT2D eigenvalue weighted by Gasteiger charge is 2.20. The molecule has 2 rings (SSSR count). The lowest BCUT2D eigenvalue weighted by atomic mass is 9.97. The summed E-state index contributed by atoms with van der Waals surface area (Å²) in [6.45, 7) is 7.13. The van der Waals surface area contributed by atoms with E-state index in [-0.39, 0.29) is 17.2 Å². The van der Waals surface area contributed by atoms with Crippen molar-refractivity contribution in [3.05, 3.63) is 39.7 Å². The van der Waals surface area contributed by atoms with Crippen molar-refractivity contribution >= 4 is 16.9 Å². The van der Waals surface area contributed by atoms with Gasteiger partial charge in [-0.05, 0) is 45.4 Å². The zero-order valence-electron chi connectivity index (χ0n) is 13.1. The van der Waals surface area contributed by atoms with Crippen LogP contribution >= 0.6 is 0 Å². The highest BCUT2D eigenvalue weighted by atomic mass is 16.4. The summed E-state index contributed by atoms with van der Waals surface area (Å²) >= 11 is 0. The molecule has 0 aliphatic carbocycles. The number of nitrogens with zero attached hydrogens (tertiary/aromatic N) is 2. The third kappa shape index (κ3) is 3.01. The Hall–Kier alpha value is -2.21. The van der Waals surface area contributed by atoms with Gasteiger partial charge in [-0.3, -0.25) is 14.3 Å². The van der Waals surface area contributed by atoms with Crippen molar-refractivity contribution in [2.75, 3.05) is 0 Å². The largest absolute Gasteiger partial charge is 0.481 e. The molecule has 0 fully saturated rings. The summed E-state index contributed by atoms with van der Waals surface area (Å²) in [5.41, 5.74) is -0.136. The first-order chi connectivity index (χ1) is 10.1. The van der Waals surface area contributed by atoms with E-state index in [1.54, 1.807) is 36.7 Å². The Balaban J connectivity index is 2.81. The van der Waals surface area contributed by atoms with Crippen molar-refractivity contribution in [3.8, 4) is 0 Å². The van der Waals surface area contributed by atoms with Crippen molar-refractivity contribution < 1.29 is 15.0 Å². The molecule has 22 heavy (non-hydrogen) atoms. The number of hydrogen-bond acceptors (Lipinski definition) is 4. The number of fused-ring (bicyclic) bond motifs is 1. The van der Waals surface area contributed by atoms with Gasteiger partial charge in [0.1, 0.15) is 5.69 Å². The molecule has 6 nitrogen and oxygen atoms in total. The number of carboxylic acids is 1. The third-order valence-corrected chi connectivity index (χ3v) is 3.49. The fourth-order valence-electron chi connectivity index (χ4n) is 2.33. The predicted molar refractivity (Wildman–Crippen MR) is 83.0 cm³/mol. The first-order valence-electron chi connectivity index (χ1n) is 7.11. The average molecular weight is 304 g/mol. The van der Waals surface area contributed by atoms with Gasteiger partial charge >= 0.3 is 5.97 Å². The molecule has 0 spiro atoms. The van der Waals surface area contributed by atoms with Gasteiger partial charge in [-0.15, -0.1) is 0 Å². The Morgan fingerprint density at radius 2 is 2.00 bits per heavy atom. The number of aliphatic carboxylic acids is 1. The number of rotatable bonds is 4. The summed E-state index contributed by atoms with van der Waals surface area (Å²) < 4.78 is 1.63. The van der Waals surface area contributed by atoms with Gasteiger partial charge in [0.15, 0.2) is 0 Å². The van der Waals surface area contributed by atoms with Crippen LogP contribution in [-0.4, -0.2) is 26.0 Å². The number of aromatic nitrogens is 2. The lowest BCUT2D eigenvalue weighted by Crippen LogP contribution is -2.23. The highest BCUT2D eigenvalue weighted by molar-refractivity contribution is 5.81. The van der Waals surface area contributed by atoms with Crippen molar-refractivity contribution in [3.63, 3.8) is 0 Å². The van der Waals surface area contributed by atoms with Crippen LogP contribution in [0.5, 0.6) is 0 Å². The summed E-state index contributed by atoms with van der Waals surface area (Å²) in [7, 11) is 0. The molecule has 0 amide bonds. The topological polar surface area (TPSA) is 92.4 Å². The minimum Gasteiger partial charge on any atom is -0.481 e. The minimum atomic E-state index is -1.09. The number of carbonyl (C=O) groups is 1. The molecular formula is C16H20N2O4. The molecule has 0 radical (unpaired) electrons. The van der Waals surface area contributed by atoms with Gasteiger partial charge in [-0.2, -0.15) is 5.10 Å². The van der Waals surface area contributed by atoms with Crippen molar-refractivity contribution in [2.45, 2.75) is 45.8 Å². The summed E-state index contributed by atoms with van der Waals surface area (Å²) in [5.74, 6) is -1.09. The molecular weight excluding hydrogens is 284 g/mol. The molecule has 1 heterocycles. The zero-order valence-corrected chi connectivity index (χ0v) is 13.1. The minimum absolute atomic E-state index is 0.0182. The Morgan fingerprint density at radius 1 is 1.36 bits per heavy atom. The highest BCUT2D eigenvalue weighted by Crippen LogP contribution is 2.24. The molecule has 0 unspecified atom stereocenters. The van der Waals surface area contributed by atoms with Gasteiger partial charge < -0.3 is 10.2 Å². The molecule has 0 aliphatic rings. The molecule has 2 aromatic rings. The maximum absolute atomic E-state index is 12.4. The van der Waals surface area contributed by atoms with E-state index in [1.807, 2.05) is 13.8 Å². The molecule has 0 saturated carbocycles. The smallest absolute Gasteiger partial charge is 0.309 e. The Kier molecular flexibility index (Phi) is 4.06. The first kappa shape index (κ1) is 16.2. The van der Waals surface area contributed by atoms with Crippen LogP contribution in [-0.2, 0) is 16.8 Å². The van der Waals surface area contributed by atoms with Crippen LogP contribution in [0.15, 0.2) is 23.0 Å². The fraction of sp³-hybridized carbons (Fsp3) is 0.438. The van der Waals surface area contributed by atoms with E-state index < -0.39 is 18.0 Å². The number of carboxylic acid groups (broad SMARTS) is 1. The van der Waals surface area contributed by atoms with Crippen LogP contribution < -0.4 is 5.43 Å². The lowest BCUT2D eigenvalue weighted by molar-refractivity contribution is -0.136. The van der Waals surface area contributed by atoms with Gasteiger partial charge in [-0.1, -0.05) is 6.07 Å². The molecule has 0 saturated heterocycles. The van der Waals surface area contributed by atoms with Crippen LogP contribution in [0.25, 0.3) is 10.9 Å². The van der Waals surface area contributed by atoms with Gasteiger partial charge in [0.25, 0.3) is 0 Å². The van der Waals surface area contributed by atoms with Crippen molar-refractivity contribution in [1.29, 1.82) is 0 Å². The first-order valence-corrected chi connectivity index (χ1v) is 7.11. The van der Waals surface area contributed by atoms with E-state index in [2.05, 4.69) is 5.10 Å². The summed E-state index contributed by atoms with van der Waals surface area (Å²) in [4.78, 5) is 23.3. The maximum atomic E-state index is 12.4. The second kappa shape index (κ2) is 5.53. The third-order valence-electron chi connectivity index (χ3n) is 3.49. The van der Waals surface area contributed by atoms with Crippen LogP contribution in [0.2, 0.25) is 0 Å². The molecule has 118 valence electrons. The molecule has 6 heteroatoms. The van der Waals surface area contributed by atoms with E-state index in [0.717, 1.165) is 0 Å². The van der Waals surface area contributed by atoms with Crippen LogP contribution in [0, 0.1) is 0 Å². The summed E-state index contributed by atoms with van der Waals surface area (Å²) in [6.07, 6.45) is -0.408. The maximum Gasteiger partial charge on any atom is 0.309 e. The number of hydrogen-bond donors (Lipinski definition) is 2. The summed E-state index contributed by atoms with van der Waals surface area (Å²) in [6, 6.07) is 4.98. The van der Waals surface area contributed by atoms with Gasteiger partial charge in [0, 0.05) is 11.4 Å². The van der Waals surface area contributed by atoms with Gasteiger partial charge in [-0.25, -0.2) is 0 Å². The van der Waals surface area contributed by atoms with Gasteiger partial charge in [0.05, 0.1) is 17.5 Å². The van der Waals surface area contributed by atoms with E-state index in [4.69, 9.17) is 5.11 Å². The van der Waals surface area contributed by atoms with Gasteiger partial charge in [0.2, 0.25) is 5.43 Å². The van der Waals surface area contributed by atoms with Crippen LogP contribution in [0.3, 0.4) is 0 Å². The second-order valence-electron chi connectivity index (χ2n) is 6.18. The number of aliphatic hydroxyl groups is 1. The Labute approximate surface area is 128 Å². The van der Waals surface area contributed by atoms with Crippen molar-refractivity contribution in [1.82, 2.24) is 9.78 Å². The Morgan fingerprint density at radius 3 is 2.50 bits per heavy atom. The fourth-order valence-corrected chi connectivity index (χ4v) is 2.33. The van der Waals surface area contributed by atoms with E-state index >= 15 is 0 Å². The standard InChI is InChI=1S/C16H20N2O4/c1-9(2)18-13-7-10(16(3,4)22)5-6-11(13)15(21)12(17-18)8-14(19)20/h5-7,9,22H,8H2,1-4H3,(H,19,20). The molecule has 2 N–H and O–H groups in total. The SMILES string of the molecule is CC(C)n1nc(CC(=O)O)c(=O)c2ccc(C(C)(C)O)cc21. The number of benzene rings is 1. The molecule has 1 aromatic carbocycles. The Bertz CT molecular complexity index is 785. The molecule has 0 aliphatic heterocycles. The van der Waals surface area contributed by atoms with E-state index in [0.29, 0.717) is 16.5 Å². The average Bonchev–Trinajstić information content (AvgIpc) is 2.39. The molecule has 0 atom stereocenters. The monoisotopic (exact) mass is 304 g/mol. The zero-order chi connectivity index (χ0) is 16.7. The van der Waals surface area contributed by atoms with Crippen molar-refractivity contribution in [2.24, 2.45) is 0 Å². The predicted octanol–water partition coefficient (Wildman–Crippen LogP) is 1.83. The van der Waals surface area contributed by atoms with Crippen LogP contribution in [0.1, 0.15) is 45.0 Å². The second-order valence-corrected chi connectivity index (χ2v) is 6.18. The summed E-state index contributed by atoms with van der Waals surface area (Å²) in [5, 5.41) is 23.7. The lowest BCUT2D eigenvalue weighted by Gasteiger charge is -2.20. The van der Waals surface area contributed by atoms with E-state index in [9.17, 15) is 14.7 Å². The normalized spacial score (nSPS) is 12.1. The molecule has 0 bridgehead atoms. The van der Waals surface area contributed by atoms with E-state index in [1.165, 1.54) is 0 Å². The van der Waals surface area contributed by atoms with Crippen LogP contribution in [0.4, 0.5) is 0 Å². The molecule has 1 aromatic heterocycles.